The third kappa shape index (κ3) is 1.54. The number of hydrogen-bond acceptors (Lipinski definition) is 3. The molecule has 4 nitrogen and oxygen atoms in total. The van der Waals surface area contributed by atoms with Crippen LogP contribution >= 0.6 is 0 Å². The minimum atomic E-state index is -0.255. The Kier molecular flexibility index (Phi) is 2.33. The lowest BCUT2D eigenvalue weighted by Gasteiger charge is -2.06. The lowest BCUT2D eigenvalue weighted by molar-refractivity contribution is 0.407. The summed E-state index contributed by atoms with van der Waals surface area (Å²) >= 11 is 0. The van der Waals surface area contributed by atoms with Crippen molar-refractivity contribution in [3.63, 3.8) is 0 Å². The molecule has 1 heterocycles. The Morgan fingerprint density at radius 2 is 1.87 bits per heavy atom. The topological polar surface area (TPSA) is 51.3 Å². The molecule has 0 saturated heterocycles. The van der Waals surface area contributed by atoms with Crippen molar-refractivity contribution in [3.05, 3.63) is 34.6 Å². The van der Waals surface area contributed by atoms with Gasteiger partial charge >= 0.3 is 0 Å². The lowest BCUT2D eigenvalue weighted by atomic mass is 10.2. The minimum absolute atomic E-state index is 0.255. The minimum Gasteiger partial charge on any atom is -0.495 e. The normalized spacial score (nSPS) is 10.3. The Labute approximate surface area is 86.5 Å². The van der Waals surface area contributed by atoms with Crippen molar-refractivity contribution in [2.75, 3.05) is 14.2 Å². The fraction of sp³-hybridized carbons (Fsp3) is 0.182. The maximum Gasteiger partial charge on any atom is 0.290 e. The van der Waals surface area contributed by atoms with Crippen LogP contribution in [0.3, 0.4) is 0 Å². The molecule has 0 atom stereocenters. The van der Waals surface area contributed by atoms with Gasteiger partial charge in [0, 0.05) is 5.39 Å². The number of aromatic amines is 1. The van der Waals surface area contributed by atoms with Crippen LogP contribution in [0.15, 0.2) is 29.1 Å². The van der Waals surface area contributed by atoms with E-state index in [0.717, 1.165) is 5.39 Å². The highest BCUT2D eigenvalue weighted by atomic mass is 16.5. The van der Waals surface area contributed by atoms with Gasteiger partial charge in [-0.3, -0.25) is 4.79 Å². The fourth-order valence-corrected chi connectivity index (χ4v) is 1.51. The van der Waals surface area contributed by atoms with Gasteiger partial charge in [-0.1, -0.05) is 12.1 Å². The third-order valence-corrected chi connectivity index (χ3v) is 2.25. The van der Waals surface area contributed by atoms with Crippen molar-refractivity contribution in [3.8, 4) is 11.5 Å². The number of pyridine rings is 1. The molecule has 0 bridgehead atoms. The second kappa shape index (κ2) is 3.65. The van der Waals surface area contributed by atoms with Crippen molar-refractivity contribution in [1.29, 1.82) is 0 Å². The predicted molar refractivity (Wildman–Crippen MR) is 57.7 cm³/mol. The molecule has 0 amide bonds. The Morgan fingerprint density at radius 3 is 2.53 bits per heavy atom. The van der Waals surface area contributed by atoms with Crippen LogP contribution in [-0.2, 0) is 0 Å². The number of H-pyrrole nitrogens is 1. The van der Waals surface area contributed by atoms with Gasteiger partial charge < -0.3 is 14.5 Å². The highest BCUT2D eigenvalue weighted by Gasteiger charge is 2.05. The molecule has 0 aliphatic carbocycles. The Hall–Kier alpha value is -1.97. The summed E-state index contributed by atoms with van der Waals surface area (Å²) in [4.78, 5) is 14.2. The molecule has 0 fully saturated rings. The van der Waals surface area contributed by atoms with Gasteiger partial charge in [-0.25, -0.2) is 0 Å². The predicted octanol–water partition coefficient (Wildman–Crippen LogP) is 1.55. The van der Waals surface area contributed by atoms with E-state index in [0.29, 0.717) is 17.0 Å². The maximum atomic E-state index is 11.5. The summed E-state index contributed by atoms with van der Waals surface area (Å²) in [6, 6.07) is 7.23. The molecule has 78 valence electrons. The molecular formula is C11H11NO3. The van der Waals surface area contributed by atoms with Crippen molar-refractivity contribution in [2.45, 2.75) is 0 Å². The van der Waals surface area contributed by atoms with Crippen LogP contribution in [0.4, 0.5) is 0 Å². The van der Waals surface area contributed by atoms with Crippen LogP contribution in [0.1, 0.15) is 0 Å². The summed E-state index contributed by atoms with van der Waals surface area (Å²) in [7, 11) is 3.04. The first-order valence-corrected chi connectivity index (χ1v) is 4.50. The van der Waals surface area contributed by atoms with Crippen molar-refractivity contribution < 1.29 is 9.47 Å². The summed E-state index contributed by atoms with van der Waals surface area (Å²) in [6.45, 7) is 0. The molecule has 1 aromatic heterocycles. The molecule has 2 aromatic rings. The van der Waals surface area contributed by atoms with Gasteiger partial charge in [-0.2, -0.15) is 0 Å². The summed E-state index contributed by atoms with van der Waals surface area (Å²) in [5.74, 6) is 0.947. The number of hydrogen-bond donors (Lipinski definition) is 1. The van der Waals surface area contributed by atoms with Gasteiger partial charge in [-0.15, -0.1) is 0 Å². The molecule has 0 unspecified atom stereocenters. The van der Waals surface area contributed by atoms with Crippen LogP contribution in [0.25, 0.3) is 10.9 Å². The molecular weight excluding hydrogens is 194 g/mol. The van der Waals surface area contributed by atoms with E-state index < -0.39 is 0 Å². The summed E-state index contributed by atoms with van der Waals surface area (Å²) in [5.41, 5.74) is 0.431. The lowest BCUT2D eigenvalue weighted by Crippen LogP contribution is -2.09. The van der Waals surface area contributed by atoms with E-state index in [9.17, 15) is 4.79 Å². The van der Waals surface area contributed by atoms with E-state index in [-0.39, 0.29) is 5.56 Å². The number of ether oxygens (including phenoxy) is 2. The van der Waals surface area contributed by atoms with E-state index in [1.54, 1.807) is 19.2 Å². The number of benzene rings is 1. The highest BCUT2D eigenvalue weighted by molar-refractivity contribution is 5.85. The van der Waals surface area contributed by atoms with Crippen LogP contribution in [0.2, 0.25) is 0 Å². The van der Waals surface area contributed by atoms with E-state index in [1.165, 1.54) is 7.11 Å². The first-order chi connectivity index (χ1) is 7.26. The molecule has 0 spiro atoms. The number of rotatable bonds is 2. The number of fused-ring (bicyclic) bond motifs is 1. The zero-order valence-corrected chi connectivity index (χ0v) is 8.53. The van der Waals surface area contributed by atoms with Gasteiger partial charge in [-0.05, 0) is 12.1 Å². The molecule has 4 heteroatoms. The fourth-order valence-electron chi connectivity index (χ4n) is 1.51. The SMILES string of the molecule is COc1cc2cccc(OC)c2[nH]c1=O. The molecule has 2 rings (SSSR count). The second-order valence-electron chi connectivity index (χ2n) is 3.09. The molecule has 0 saturated carbocycles. The number of nitrogens with one attached hydrogen (secondary N) is 1. The molecule has 15 heavy (non-hydrogen) atoms. The highest BCUT2D eigenvalue weighted by Crippen LogP contribution is 2.23. The van der Waals surface area contributed by atoms with Crippen LogP contribution in [0, 0.1) is 0 Å². The van der Waals surface area contributed by atoms with Gasteiger partial charge in [0.25, 0.3) is 5.56 Å². The van der Waals surface area contributed by atoms with Crippen LogP contribution < -0.4 is 15.0 Å². The quantitative estimate of drug-likeness (QED) is 0.809. The first-order valence-electron chi connectivity index (χ1n) is 4.50. The smallest absolute Gasteiger partial charge is 0.290 e. The van der Waals surface area contributed by atoms with Crippen LogP contribution in [-0.4, -0.2) is 19.2 Å². The van der Waals surface area contributed by atoms with Crippen molar-refractivity contribution in [1.82, 2.24) is 4.98 Å². The van der Waals surface area contributed by atoms with E-state index in [1.807, 2.05) is 12.1 Å². The first kappa shape index (κ1) is 9.58. The zero-order valence-electron chi connectivity index (χ0n) is 8.53. The monoisotopic (exact) mass is 205 g/mol. The summed E-state index contributed by atoms with van der Waals surface area (Å²) < 4.78 is 10.1. The van der Waals surface area contributed by atoms with E-state index >= 15 is 0 Å². The van der Waals surface area contributed by atoms with E-state index in [4.69, 9.17) is 9.47 Å². The number of para-hydroxylation sites is 1. The molecule has 1 N–H and O–H groups in total. The average molecular weight is 205 g/mol. The Bertz CT molecular complexity index is 545. The third-order valence-electron chi connectivity index (χ3n) is 2.25. The van der Waals surface area contributed by atoms with Crippen molar-refractivity contribution >= 4 is 10.9 Å². The zero-order chi connectivity index (χ0) is 10.8. The second-order valence-corrected chi connectivity index (χ2v) is 3.09. The maximum absolute atomic E-state index is 11.5. The van der Waals surface area contributed by atoms with Crippen LogP contribution in [0.5, 0.6) is 11.5 Å². The van der Waals surface area contributed by atoms with Gasteiger partial charge in [0.15, 0.2) is 5.75 Å². The van der Waals surface area contributed by atoms with Gasteiger partial charge in [0.2, 0.25) is 0 Å². The molecule has 0 radical (unpaired) electrons. The van der Waals surface area contributed by atoms with Crippen molar-refractivity contribution in [2.24, 2.45) is 0 Å². The van der Waals surface area contributed by atoms with Gasteiger partial charge in [0.1, 0.15) is 5.75 Å². The van der Waals surface area contributed by atoms with Gasteiger partial charge in [0.05, 0.1) is 19.7 Å². The molecule has 0 aliphatic rings. The largest absolute Gasteiger partial charge is 0.495 e. The number of methoxy groups -OCH3 is 2. The molecule has 0 aliphatic heterocycles. The summed E-state index contributed by atoms with van der Waals surface area (Å²) in [6.07, 6.45) is 0. The van der Waals surface area contributed by atoms with E-state index in [2.05, 4.69) is 4.98 Å². The standard InChI is InChI=1S/C11H11NO3/c1-14-8-5-3-4-7-6-9(15-2)11(13)12-10(7)8/h3-6H,1-2H3,(H,12,13). The summed E-state index contributed by atoms with van der Waals surface area (Å²) in [5, 5.41) is 0.880. The average Bonchev–Trinajstić information content (AvgIpc) is 2.27. The molecule has 1 aromatic carbocycles. The Morgan fingerprint density at radius 1 is 1.13 bits per heavy atom. The Balaban J connectivity index is 2.80. The number of aromatic nitrogens is 1.